The van der Waals surface area contributed by atoms with Gasteiger partial charge in [0.1, 0.15) is 5.54 Å². The zero-order valence-corrected chi connectivity index (χ0v) is 10.8. The first-order valence-corrected chi connectivity index (χ1v) is 6.06. The van der Waals surface area contributed by atoms with Crippen molar-refractivity contribution in [2.45, 2.75) is 57.5 Å². The van der Waals surface area contributed by atoms with E-state index >= 15 is 0 Å². The van der Waals surface area contributed by atoms with Gasteiger partial charge in [-0.1, -0.05) is 6.92 Å². The second kappa shape index (κ2) is 4.64. The fraction of sp³-hybridized carbons (Fsp3) is 0.833. The number of rotatable bonds is 4. The molecular weight excluding hydrogens is 220 g/mol. The minimum atomic E-state index is -1.01. The average molecular weight is 242 g/mol. The SMILES string of the molecule is CCC1(C(=O)O)CCCN1C(=O)CC(C)(C)N. The summed E-state index contributed by atoms with van der Waals surface area (Å²) in [5.41, 5.74) is 4.20. The molecule has 1 fully saturated rings. The van der Waals surface area contributed by atoms with Gasteiger partial charge in [-0.05, 0) is 33.1 Å². The number of hydrogen-bond acceptors (Lipinski definition) is 3. The third-order valence-corrected chi connectivity index (χ3v) is 3.38. The topological polar surface area (TPSA) is 83.6 Å². The first-order chi connectivity index (χ1) is 7.73. The van der Waals surface area contributed by atoms with Gasteiger partial charge < -0.3 is 15.7 Å². The van der Waals surface area contributed by atoms with Gasteiger partial charge in [-0.25, -0.2) is 4.79 Å². The summed E-state index contributed by atoms with van der Waals surface area (Å²) in [4.78, 5) is 25.0. The predicted molar refractivity (Wildman–Crippen MR) is 64.5 cm³/mol. The van der Waals surface area contributed by atoms with Gasteiger partial charge >= 0.3 is 5.97 Å². The lowest BCUT2D eigenvalue weighted by Crippen LogP contribution is -2.54. The Morgan fingerprint density at radius 1 is 1.47 bits per heavy atom. The van der Waals surface area contributed by atoms with Crippen LogP contribution in [0.1, 0.15) is 46.5 Å². The van der Waals surface area contributed by atoms with Crippen molar-refractivity contribution < 1.29 is 14.7 Å². The summed E-state index contributed by atoms with van der Waals surface area (Å²) in [7, 11) is 0. The lowest BCUT2D eigenvalue weighted by atomic mass is 9.91. The molecule has 0 aliphatic carbocycles. The number of nitrogens with two attached hydrogens (primary N) is 1. The van der Waals surface area contributed by atoms with Crippen LogP contribution < -0.4 is 5.73 Å². The molecule has 0 aromatic rings. The highest BCUT2D eigenvalue weighted by atomic mass is 16.4. The molecule has 1 saturated heterocycles. The number of amides is 1. The second-order valence-corrected chi connectivity index (χ2v) is 5.50. The third kappa shape index (κ3) is 2.77. The number of carbonyl (C=O) groups excluding carboxylic acids is 1. The summed E-state index contributed by atoms with van der Waals surface area (Å²) in [5, 5.41) is 9.36. The molecule has 17 heavy (non-hydrogen) atoms. The van der Waals surface area contributed by atoms with Crippen LogP contribution >= 0.6 is 0 Å². The highest BCUT2D eigenvalue weighted by molar-refractivity contribution is 5.88. The summed E-state index contributed by atoms with van der Waals surface area (Å²) in [6.07, 6.45) is 1.91. The van der Waals surface area contributed by atoms with Crippen molar-refractivity contribution in [1.29, 1.82) is 0 Å². The number of nitrogens with zero attached hydrogens (tertiary/aromatic N) is 1. The van der Waals surface area contributed by atoms with E-state index in [4.69, 9.17) is 5.73 Å². The first kappa shape index (κ1) is 14.0. The van der Waals surface area contributed by atoms with Crippen LogP contribution in [0.2, 0.25) is 0 Å². The molecule has 98 valence electrons. The van der Waals surface area contributed by atoms with E-state index in [0.717, 1.165) is 6.42 Å². The molecule has 1 aliphatic heterocycles. The lowest BCUT2D eigenvalue weighted by molar-refractivity contribution is -0.157. The van der Waals surface area contributed by atoms with Gasteiger partial charge in [-0.2, -0.15) is 0 Å². The molecule has 0 bridgehead atoms. The third-order valence-electron chi connectivity index (χ3n) is 3.38. The Hall–Kier alpha value is -1.10. The van der Waals surface area contributed by atoms with Crippen LogP contribution in [0.4, 0.5) is 0 Å². The summed E-state index contributed by atoms with van der Waals surface area (Å²) >= 11 is 0. The zero-order chi connectivity index (χ0) is 13.3. The molecule has 5 nitrogen and oxygen atoms in total. The number of aliphatic carboxylic acids is 1. The molecule has 1 amide bonds. The molecule has 1 rings (SSSR count). The Balaban J connectivity index is 2.89. The van der Waals surface area contributed by atoms with E-state index in [0.29, 0.717) is 19.4 Å². The van der Waals surface area contributed by atoms with Crippen molar-refractivity contribution in [3.8, 4) is 0 Å². The Labute approximate surface area is 102 Å². The summed E-state index contributed by atoms with van der Waals surface area (Å²) < 4.78 is 0. The standard InChI is InChI=1S/C12H22N2O3/c1-4-12(10(16)17)6-5-7-14(12)9(15)8-11(2,3)13/h4-8,13H2,1-3H3,(H,16,17). The summed E-state index contributed by atoms with van der Waals surface area (Å²) in [5.74, 6) is -1.06. The van der Waals surface area contributed by atoms with E-state index in [-0.39, 0.29) is 12.3 Å². The summed E-state index contributed by atoms with van der Waals surface area (Å²) in [6.45, 7) is 5.88. The lowest BCUT2D eigenvalue weighted by Gasteiger charge is -2.35. The van der Waals surface area contributed by atoms with Crippen LogP contribution in [0, 0.1) is 0 Å². The smallest absolute Gasteiger partial charge is 0.329 e. The molecule has 1 aliphatic rings. The fourth-order valence-corrected chi connectivity index (χ4v) is 2.47. The second-order valence-electron chi connectivity index (χ2n) is 5.50. The van der Waals surface area contributed by atoms with Crippen LogP contribution in [0.25, 0.3) is 0 Å². The minimum Gasteiger partial charge on any atom is -0.479 e. The maximum absolute atomic E-state index is 12.1. The van der Waals surface area contributed by atoms with Crippen molar-refractivity contribution in [3.63, 3.8) is 0 Å². The maximum Gasteiger partial charge on any atom is 0.329 e. The Morgan fingerprint density at radius 3 is 2.47 bits per heavy atom. The number of likely N-dealkylation sites (tertiary alicyclic amines) is 1. The molecule has 0 aromatic carbocycles. The molecule has 0 aromatic heterocycles. The van der Waals surface area contributed by atoms with Crippen molar-refractivity contribution in [1.82, 2.24) is 4.90 Å². The molecule has 0 spiro atoms. The first-order valence-electron chi connectivity index (χ1n) is 6.06. The molecule has 1 heterocycles. The van der Waals surface area contributed by atoms with E-state index in [1.807, 2.05) is 6.92 Å². The Bertz CT molecular complexity index is 322. The van der Waals surface area contributed by atoms with Crippen molar-refractivity contribution in [2.75, 3.05) is 6.54 Å². The number of hydrogen-bond donors (Lipinski definition) is 2. The highest BCUT2D eigenvalue weighted by Crippen LogP contribution is 2.33. The van der Waals surface area contributed by atoms with Crippen LogP contribution in [-0.2, 0) is 9.59 Å². The largest absolute Gasteiger partial charge is 0.479 e. The molecule has 1 unspecified atom stereocenters. The molecule has 0 saturated carbocycles. The number of carboxylic acids is 1. The number of carbonyl (C=O) groups is 2. The summed E-state index contributed by atoms with van der Waals surface area (Å²) in [6, 6.07) is 0. The van der Waals surface area contributed by atoms with Crippen molar-refractivity contribution >= 4 is 11.9 Å². The Kier molecular flexibility index (Phi) is 3.81. The zero-order valence-electron chi connectivity index (χ0n) is 10.8. The van der Waals surface area contributed by atoms with Crippen LogP contribution in [0.5, 0.6) is 0 Å². The van der Waals surface area contributed by atoms with Gasteiger partial charge in [0.25, 0.3) is 0 Å². The Morgan fingerprint density at radius 2 is 2.06 bits per heavy atom. The quantitative estimate of drug-likeness (QED) is 0.769. The maximum atomic E-state index is 12.1. The van der Waals surface area contributed by atoms with E-state index in [2.05, 4.69) is 0 Å². The van der Waals surface area contributed by atoms with Gasteiger partial charge in [0.15, 0.2) is 0 Å². The van der Waals surface area contributed by atoms with E-state index in [1.54, 1.807) is 13.8 Å². The van der Waals surface area contributed by atoms with Gasteiger partial charge in [-0.3, -0.25) is 4.79 Å². The van der Waals surface area contributed by atoms with Gasteiger partial charge in [0, 0.05) is 18.5 Å². The van der Waals surface area contributed by atoms with E-state index in [1.165, 1.54) is 4.90 Å². The van der Waals surface area contributed by atoms with Crippen molar-refractivity contribution in [2.24, 2.45) is 5.73 Å². The molecule has 3 N–H and O–H groups in total. The fourth-order valence-electron chi connectivity index (χ4n) is 2.47. The van der Waals surface area contributed by atoms with Crippen LogP contribution in [0.15, 0.2) is 0 Å². The van der Waals surface area contributed by atoms with E-state index < -0.39 is 17.0 Å². The molecular formula is C12H22N2O3. The van der Waals surface area contributed by atoms with Crippen LogP contribution in [-0.4, -0.2) is 39.5 Å². The number of carboxylic acid groups (broad SMARTS) is 1. The molecule has 5 heteroatoms. The highest BCUT2D eigenvalue weighted by Gasteiger charge is 2.48. The minimum absolute atomic E-state index is 0.153. The van der Waals surface area contributed by atoms with Gasteiger partial charge in [0.2, 0.25) is 5.91 Å². The van der Waals surface area contributed by atoms with Crippen LogP contribution in [0.3, 0.4) is 0 Å². The average Bonchev–Trinajstić information content (AvgIpc) is 2.59. The van der Waals surface area contributed by atoms with Gasteiger partial charge in [0.05, 0.1) is 0 Å². The van der Waals surface area contributed by atoms with E-state index in [9.17, 15) is 14.7 Å². The molecule has 1 atom stereocenters. The monoisotopic (exact) mass is 242 g/mol. The van der Waals surface area contributed by atoms with Crippen molar-refractivity contribution in [3.05, 3.63) is 0 Å². The normalized spacial score (nSPS) is 25.1. The predicted octanol–water partition coefficient (Wildman–Crippen LogP) is 0.970. The molecule has 0 radical (unpaired) electrons. The van der Waals surface area contributed by atoms with Gasteiger partial charge in [-0.15, -0.1) is 0 Å².